The number of nitrogens with zero attached hydrogens (tertiary/aromatic N) is 1. The van der Waals surface area contributed by atoms with E-state index in [4.69, 9.17) is 0 Å². The predicted octanol–water partition coefficient (Wildman–Crippen LogP) is 2.59. The summed E-state index contributed by atoms with van der Waals surface area (Å²) in [5.74, 6) is 0. The predicted molar refractivity (Wildman–Crippen MR) is 46.1 cm³/mol. The van der Waals surface area contributed by atoms with Crippen LogP contribution in [0.4, 0.5) is 0 Å². The fourth-order valence-electron chi connectivity index (χ4n) is 0.769. The van der Waals surface area contributed by atoms with Crippen molar-refractivity contribution in [2.75, 3.05) is 0 Å². The lowest BCUT2D eigenvalue weighted by molar-refractivity contribution is 0.954. The van der Waals surface area contributed by atoms with Crippen LogP contribution in [0.25, 0.3) is 0 Å². The van der Waals surface area contributed by atoms with E-state index in [9.17, 15) is 0 Å². The summed E-state index contributed by atoms with van der Waals surface area (Å²) in [7, 11) is 0. The van der Waals surface area contributed by atoms with Gasteiger partial charge >= 0.3 is 0 Å². The van der Waals surface area contributed by atoms with Gasteiger partial charge in [0.2, 0.25) is 0 Å². The molecule has 0 aliphatic rings. The van der Waals surface area contributed by atoms with Crippen molar-refractivity contribution in [3.63, 3.8) is 0 Å². The van der Waals surface area contributed by atoms with Gasteiger partial charge < -0.3 is 0 Å². The lowest BCUT2D eigenvalue weighted by Crippen LogP contribution is -1.77. The highest BCUT2D eigenvalue weighted by molar-refractivity contribution is 5.11. The van der Waals surface area contributed by atoms with Crippen molar-refractivity contribution in [2.45, 2.75) is 19.8 Å². The molecule has 0 N–H and O–H groups in total. The Labute approximate surface area is 67.8 Å². The van der Waals surface area contributed by atoms with Crippen molar-refractivity contribution < 1.29 is 0 Å². The van der Waals surface area contributed by atoms with E-state index in [-0.39, 0.29) is 0 Å². The van der Waals surface area contributed by atoms with Gasteiger partial charge in [0, 0.05) is 12.3 Å². The Balaban J connectivity index is 2.50. The normalized spacial score (nSPS) is 10.6. The van der Waals surface area contributed by atoms with E-state index in [0.717, 1.165) is 12.1 Å². The molecule has 0 amide bonds. The Morgan fingerprint density at radius 2 is 2.45 bits per heavy atom. The maximum Gasteiger partial charge on any atom is 0.0705 e. The standard InChI is InChI=1S/C10H12N/c1-2-3-4-7-10-8-5-6-9-11-10/h4-6,8-9H,2-3H2,1H3. The highest BCUT2D eigenvalue weighted by Gasteiger charge is 1.82. The van der Waals surface area contributed by atoms with E-state index in [1.54, 1.807) is 6.20 Å². The quantitative estimate of drug-likeness (QED) is 0.638. The SMILES string of the molecule is CCC/C=[C]\c1ccccn1. The Kier molecular flexibility index (Phi) is 3.39. The average Bonchev–Trinajstić information content (AvgIpc) is 2.07. The van der Waals surface area contributed by atoms with Crippen molar-refractivity contribution in [3.8, 4) is 0 Å². The first kappa shape index (κ1) is 7.99. The molecule has 0 aliphatic heterocycles. The molecule has 0 aromatic carbocycles. The van der Waals surface area contributed by atoms with E-state index in [1.807, 2.05) is 24.3 Å². The van der Waals surface area contributed by atoms with Crippen molar-refractivity contribution in [2.24, 2.45) is 0 Å². The van der Waals surface area contributed by atoms with Gasteiger partial charge in [0.05, 0.1) is 5.69 Å². The lowest BCUT2D eigenvalue weighted by Gasteiger charge is -1.88. The van der Waals surface area contributed by atoms with Gasteiger partial charge in [-0.15, -0.1) is 0 Å². The summed E-state index contributed by atoms with van der Waals surface area (Å²) in [6.07, 6.45) is 9.17. The number of pyridine rings is 1. The third kappa shape index (κ3) is 2.99. The van der Waals surface area contributed by atoms with Crippen LogP contribution in [0, 0.1) is 6.08 Å². The Bertz CT molecular complexity index is 214. The van der Waals surface area contributed by atoms with E-state index in [0.29, 0.717) is 0 Å². The highest BCUT2D eigenvalue weighted by atomic mass is 14.6. The fourth-order valence-corrected chi connectivity index (χ4v) is 0.769. The van der Waals surface area contributed by atoms with Crippen LogP contribution in [0.1, 0.15) is 25.5 Å². The number of aromatic nitrogens is 1. The number of hydrogen-bond acceptors (Lipinski definition) is 1. The molecule has 1 nitrogen and oxygen atoms in total. The van der Waals surface area contributed by atoms with Crippen LogP contribution in [0.15, 0.2) is 30.5 Å². The van der Waals surface area contributed by atoms with Crippen molar-refractivity contribution in [3.05, 3.63) is 42.2 Å². The van der Waals surface area contributed by atoms with Crippen LogP contribution in [0.3, 0.4) is 0 Å². The van der Waals surface area contributed by atoms with E-state index in [1.165, 1.54) is 6.42 Å². The minimum absolute atomic E-state index is 0.918. The van der Waals surface area contributed by atoms with Gasteiger partial charge in [0.1, 0.15) is 0 Å². The molecular formula is C10H12N. The second-order valence-corrected chi connectivity index (χ2v) is 2.35. The monoisotopic (exact) mass is 146 g/mol. The van der Waals surface area contributed by atoms with Crippen molar-refractivity contribution in [1.82, 2.24) is 4.98 Å². The zero-order valence-electron chi connectivity index (χ0n) is 6.75. The molecule has 0 unspecified atom stereocenters. The maximum absolute atomic E-state index is 4.11. The molecule has 0 saturated heterocycles. The zero-order chi connectivity index (χ0) is 7.94. The van der Waals surface area contributed by atoms with Gasteiger partial charge in [-0.1, -0.05) is 25.5 Å². The maximum atomic E-state index is 4.11. The summed E-state index contributed by atoms with van der Waals surface area (Å²) < 4.78 is 0. The summed E-state index contributed by atoms with van der Waals surface area (Å²) in [6, 6.07) is 5.83. The molecule has 0 atom stereocenters. The first-order chi connectivity index (χ1) is 5.43. The van der Waals surface area contributed by atoms with Crippen LogP contribution in [-0.4, -0.2) is 4.98 Å². The van der Waals surface area contributed by atoms with Crippen LogP contribution in [0.2, 0.25) is 0 Å². The molecule has 0 fully saturated rings. The van der Waals surface area contributed by atoms with E-state index >= 15 is 0 Å². The summed E-state index contributed by atoms with van der Waals surface area (Å²) in [4.78, 5) is 4.11. The molecule has 1 aromatic rings. The summed E-state index contributed by atoms with van der Waals surface area (Å²) in [5, 5.41) is 0. The molecule has 1 radical (unpaired) electrons. The molecule has 0 spiro atoms. The second-order valence-electron chi connectivity index (χ2n) is 2.35. The van der Waals surface area contributed by atoms with Gasteiger partial charge in [0.25, 0.3) is 0 Å². The van der Waals surface area contributed by atoms with E-state index in [2.05, 4.69) is 18.0 Å². The second kappa shape index (κ2) is 4.67. The smallest absolute Gasteiger partial charge is 0.0705 e. The van der Waals surface area contributed by atoms with Crippen molar-refractivity contribution >= 4 is 0 Å². The first-order valence-electron chi connectivity index (χ1n) is 3.92. The zero-order valence-corrected chi connectivity index (χ0v) is 6.75. The van der Waals surface area contributed by atoms with Crippen LogP contribution < -0.4 is 0 Å². The molecule has 0 saturated carbocycles. The minimum atomic E-state index is 0.918. The molecule has 1 rings (SSSR count). The Morgan fingerprint density at radius 3 is 3.09 bits per heavy atom. The largest absolute Gasteiger partial charge is 0.256 e. The molecule has 0 bridgehead atoms. The molecule has 1 heterocycles. The average molecular weight is 146 g/mol. The third-order valence-corrected chi connectivity index (χ3v) is 1.35. The third-order valence-electron chi connectivity index (χ3n) is 1.35. The number of hydrogen-bond donors (Lipinski definition) is 0. The van der Waals surface area contributed by atoms with Crippen LogP contribution >= 0.6 is 0 Å². The molecule has 1 heteroatoms. The molecule has 0 aliphatic carbocycles. The topological polar surface area (TPSA) is 12.9 Å². The van der Waals surface area contributed by atoms with Crippen molar-refractivity contribution in [1.29, 1.82) is 0 Å². The molecular weight excluding hydrogens is 134 g/mol. The summed E-state index contributed by atoms with van der Waals surface area (Å²) in [6.45, 7) is 2.15. The molecule has 11 heavy (non-hydrogen) atoms. The minimum Gasteiger partial charge on any atom is -0.256 e. The Hall–Kier alpha value is -1.11. The molecule has 1 aromatic heterocycles. The summed E-state index contributed by atoms with van der Waals surface area (Å²) in [5.41, 5.74) is 0.918. The van der Waals surface area contributed by atoms with Gasteiger partial charge in [0.15, 0.2) is 0 Å². The lowest BCUT2D eigenvalue weighted by atomic mass is 10.2. The van der Waals surface area contributed by atoms with Crippen LogP contribution in [0.5, 0.6) is 0 Å². The Morgan fingerprint density at radius 1 is 1.55 bits per heavy atom. The number of unbranched alkanes of at least 4 members (excludes halogenated alkanes) is 1. The molecule has 57 valence electrons. The summed E-state index contributed by atoms with van der Waals surface area (Å²) >= 11 is 0. The van der Waals surface area contributed by atoms with Gasteiger partial charge in [-0.2, -0.15) is 0 Å². The van der Waals surface area contributed by atoms with E-state index < -0.39 is 0 Å². The van der Waals surface area contributed by atoms with Gasteiger partial charge in [-0.3, -0.25) is 4.98 Å². The number of allylic oxidation sites excluding steroid dienone is 1. The van der Waals surface area contributed by atoms with Gasteiger partial charge in [-0.25, -0.2) is 0 Å². The fraction of sp³-hybridized carbons (Fsp3) is 0.300. The highest BCUT2D eigenvalue weighted by Crippen LogP contribution is 1.95. The van der Waals surface area contributed by atoms with Gasteiger partial charge in [-0.05, 0) is 18.6 Å². The van der Waals surface area contributed by atoms with Crippen LogP contribution in [-0.2, 0) is 0 Å². The first-order valence-corrected chi connectivity index (χ1v) is 3.92. The number of rotatable bonds is 3.